The minimum Gasteiger partial charge on any atom is -0.303 e. The topological polar surface area (TPSA) is 37.4 Å². The maximum Gasteiger partial charge on any atom is 0.189 e. The van der Waals surface area contributed by atoms with Gasteiger partial charge in [0.05, 0.1) is 0 Å². The highest BCUT2D eigenvalue weighted by Crippen LogP contribution is 2.35. The van der Waals surface area contributed by atoms with Gasteiger partial charge >= 0.3 is 0 Å². The highest BCUT2D eigenvalue weighted by molar-refractivity contribution is 6.31. The number of halogens is 1. The Hall–Kier alpha value is -1.63. The number of rotatable bonds is 4. The molecule has 2 rings (SSSR count). The zero-order valence-corrected chi connectivity index (χ0v) is 14.1. The van der Waals surface area contributed by atoms with E-state index in [-0.39, 0.29) is 24.0 Å². The van der Waals surface area contributed by atoms with E-state index in [2.05, 4.69) is 30.6 Å². The van der Waals surface area contributed by atoms with E-state index >= 15 is 0 Å². The van der Waals surface area contributed by atoms with Crippen LogP contribution in [0.4, 0.5) is 0 Å². The molecule has 22 heavy (non-hydrogen) atoms. The van der Waals surface area contributed by atoms with Crippen molar-refractivity contribution in [2.75, 3.05) is 19.6 Å². The summed E-state index contributed by atoms with van der Waals surface area (Å²) in [5.41, 5.74) is -0.196. The fourth-order valence-corrected chi connectivity index (χ4v) is 2.63. The van der Waals surface area contributed by atoms with Crippen LogP contribution in [-0.4, -0.2) is 36.1 Å². The van der Waals surface area contributed by atoms with Crippen molar-refractivity contribution in [3.8, 4) is 11.8 Å². The Balaban J connectivity index is 0.00000242. The molecular weight excluding hydrogens is 298 g/mol. The van der Waals surface area contributed by atoms with E-state index < -0.39 is 5.41 Å². The van der Waals surface area contributed by atoms with Crippen LogP contribution in [-0.2, 0) is 0 Å². The zero-order valence-electron chi connectivity index (χ0n) is 13.3. The summed E-state index contributed by atoms with van der Waals surface area (Å²) in [5, 5.41) is 0. The van der Waals surface area contributed by atoms with Gasteiger partial charge in [-0.3, -0.25) is 9.59 Å². The molecule has 0 aromatic heterocycles. The summed E-state index contributed by atoms with van der Waals surface area (Å²) in [7, 11) is 0. The Morgan fingerprint density at radius 3 is 2.00 bits per heavy atom. The van der Waals surface area contributed by atoms with E-state index in [9.17, 15) is 9.59 Å². The molecule has 1 aromatic rings. The van der Waals surface area contributed by atoms with Gasteiger partial charge in [-0.2, -0.15) is 0 Å². The van der Waals surface area contributed by atoms with Crippen molar-refractivity contribution < 1.29 is 9.59 Å². The minimum atomic E-state index is -1.20. The third-order valence-corrected chi connectivity index (χ3v) is 4.11. The number of benzene rings is 1. The molecule has 118 valence electrons. The third kappa shape index (κ3) is 3.24. The van der Waals surface area contributed by atoms with E-state index in [4.69, 9.17) is 0 Å². The highest BCUT2D eigenvalue weighted by atomic mass is 35.5. The number of hydrogen-bond acceptors (Lipinski definition) is 3. The van der Waals surface area contributed by atoms with Crippen LogP contribution in [0.5, 0.6) is 0 Å². The molecule has 0 saturated heterocycles. The second-order valence-electron chi connectivity index (χ2n) is 5.41. The first-order valence-electron chi connectivity index (χ1n) is 7.45. The Morgan fingerprint density at radius 2 is 1.55 bits per heavy atom. The number of carbonyl (C=O) groups excluding carboxylic acids is 2. The largest absolute Gasteiger partial charge is 0.303 e. The predicted octanol–water partition coefficient (Wildman–Crippen LogP) is 3.23. The van der Waals surface area contributed by atoms with E-state index in [1.54, 1.807) is 31.2 Å². The summed E-state index contributed by atoms with van der Waals surface area (Å²) in [6.45, 7) is 8.70. The van der Waals surface area contributed by atoms with E-state index in [0.717, 1.165) is 19.6 Å². The van der Waals surface area contributed by atoms with Gasteiger partial charge in [-0.15, -0.1) is 18.3 Å². The second kappa shape index (κ2) is 7.58. The van der Waals surface area contributed by atoms with Crippen molar-refractivity contribution in [1.29, 1.82) is 0 Å². The van der Waals surface area contributed by atoms with E-state index in [1.807, 2.05) is 0 Å². The number of fused-ring (bicyclic) bond motifs is 1. The lowest BCUT2D eigenvalue weighted by atomic mass is 9.85. The van der Waals surface area contributed by atoms with Crippen LogP contribution in [0.15, 0.2) is 24.3 Å². The van der Waals surface area contributed by atoms with Crippen LogP contribution in [0, 0.1) is 17.3 Å². The lowest BCUT2D eigenvalue weighted by molar-refractivity contribution is 0.0790. The maximum atomic E-state index is 12.4. The molecule has 1 aliphatic rings. The fraction of sp³-hybridized carbons (Fsp3) is 0.444. The van der Waals surface area contributed by atoms with Gasteiger partial charge in [0, 0.05) is 24.1 Å². The Labute approximate surface area is 138 Å². The molecule has 0 aliphatic heterocycles. The fourth-order valence-electron chi connectivity index (χ4n) is 2.63. The summed E-state index contributed by atoms with van der Waals surface area (Å²) in [4.78, 5) is 27.1. The van der Waals surface area contributed by atoms with Gasteiger partial charge in [0.1, 0.15) is 0 Å². The van der Waals surface area contributed by atoms with E-state index in [0.29, 0.717) is 17.5 Å². The lowest BCUT2D eigenvalue weighted by Crippen LogP contribution is -2.28. The van der Waals surface area contributed by atoms with Crippen molar-refractivity contribution in [3.63, 3.8) is 0 Å². The Kier molecular flexibility index (Phi) is 6.34. The van der Waals surface area contributed by atoms with Gasteiger partial charge in [-0.05, 0) is 20.0 Å². The molecule has 1 aromatic carbocycles. The zero-order chi connectivity index (χ0) is 15.5. The summed E-state index contributed by atoms with van der Waals surface area (Å²) >= 11 is 0. The Morgan fingerprint density at radius 1 is 1.05 bits per heavy atom. The molecule has 0 fully saturated rings. The molecule has 0 amide bonds. The van der Waals surface area contributed by atoms with Gasteiger partial charge in [-0.1, -0.05) is 44.0 Å². The molecule has 0 unspecified atom stereocenters. The quantitative estimate of drug-likeness (QED) is 0.631. The van der Waals surface area contributed by atoms with Crippen molar-refractivity contribution in [1.82, 2.24) is 4.90 Å². The molecule has 0 saturated carbocycles. The van der Waals surface area contributed by atoms with Gasteiger partial charge in [-0.25, -0.2) is 0 Å². The first kappa shape index (κ1) is 18.4. The van der Waals surface area contributed by atoms with Crippen molar-refractivity contribution in [3.05, 3.63) is 35.4 Å². The molecule has 3 nitrogen and oxygen atoms in total. The number of hydrogen-bond donors (Lipinski definition) is 0. The predicted molar refractivity (Wildman–Crippen MR) is 90.6 cm³/mol. The van der Waals surface area contributed by atoms with Crippen LogP contribution < -0.4 is 0 Å². The molecule has 0 heterocycles. The van der Waals surface area contributed by atoms with Crippen molar-refractivity contribution >= 4 is 24.0 Å². The SMILES string of the molecule is CCN(CC)CCC#CC1(C)C(=O)c2ccccc2C1=O.Cl. The first-order chi connectivity index (χ1) is 10.0. The van der Waals surface area contributed by atoms with E-state index in [1.165, 1.54) is 0 Å². The van der Waals surface area contributed by atoms with Crippen LogP contribution in [0.1, 0.15) is 47.9 Å². The molecule has 0 bridgehead atoms. The number of Topliss-reactive ketones (excluding diaryl/α,β-unsaturated/α-hetero) is 2. The molecular formula is C18H22ClNO2. The van der Waals surface area contributed by atoms with Crippen molar-refractivity contribution in [2.45, 2.75) is 27.2 Å². The lowest BCUT2D eigenvalue weighted by Gasteiger charge is -2.16. The second-order valence-corrected chi connectivity index (χ2v) is 5.41. The molecule has 0 N–H and O–H groups in total. The standard InChI is InChI=1S/C18H21NO2.ClH/c1-4-19(5-2)13-9-8-12-18(3)16(20)14-10-6-7-11-15(14)17(18)21;/h6-7,10-11H,4-5,9,13H2,1-3H3;1H. The molecule has 0 radical (unpaired) electrons. The highest BCUT2D eigenvalue weighted by Gasteiger charge is 2.48. The van der Waals surface area contributed by atoms with Gasteiger partial charge < -0.3 is 4.90 Å². The summed E-state index contributed by atoms with van der Waals surface area (Å²) in [6.07, 6.45) is 0.675. The smallest absolute Gasteiger partial charge is 0.189 e. The van der Waals surface area contributed by atoms with Crippen LogP contribution >= 0.6 is 12.4 Å². The number of ketones is 2. The van der Waals surface area contributed by atoms with Crippen molar-refractivity contribution in [2.24, 2.45) is 5.41 Å². The van der Waals surface area contributed by atoms with Crippen LogP contribution in [0.3, 0.4) is 0 Å². The monoisotopic (exact) mass is 319 g/mol. The van der Waals surface area contributed by atoms with Crippen LogP contribution in [0.2, 0.25) is 0 Å². The maximum absolute atomic E-state index is 12.4. The number of nitrogens with zero attached hydrogens (tertiary/aromatic N) is 1. The first-order valence-corrected chi connectivity index (χ1v) is 7.45. The molecule has 4 heteroatoms. The average molecular weight is 320 g/mol. The summed E-state index contributed by atoms with van der Waals surface area (Å²) in [5.74, 6) is 5.63. The molecule has 0 spiro atoms. The molecule has 0 atom stereocenters. The molecule has 1 aliphatic carbocycles. The minimum absolute atomic E-state index is 0. The Bertz CT molecular complexity index is 588. The summed E-state index contributed by atoms with van der Waals surface area (Å²) in [6, 6.07) is 6.98. The van der Waals surface area contributed by atoms with Gasteiger partial charge in [0.15, 0.2) is 17.0 Å². The van der Waals surface area contributed by atoms with Gasteiger partial charge in [0.2, 0.25) is 0 Å². The third-order valence-electron chi connectivity index (χ3n) is 4.11. The number of carbonyl (C=O) groups is 2. The summed E-state index contributed by atoms with van der Waals surface area (Å²) < 4.78 is 0. The van der Waals surface area contributed by atoms with Crippen LogP contribution in [0.25, 0.3) is 0 Å². The van der Waals surface area contributed by atoms with Gasteiger partial charge in [0.25, 0.3) is 0 Å². The normalized spacial score (nSPS) is 15.1. The average Bonchev–Trinajstić information content (AvgIpc) is 2.70.